The molecule has 112 valence electrons. The van der Waals surface area contributed by atoms with Gasteiger partial charge < -0.3 is 11.1 Å². The molecule has 0 aliphatic heterocycles. The number of nitrogen functional groups attached to an aromatic ring is 1. The molecular weight excluding hydrogens is 308 g/mol. The van der Waals surface area contributed by atoms with Crippen LogP contribution in [0.3, 0.4) is 0 Å². The summed E-state index contributed by atoms with van der Waals surface area (Å²) in [4.78, 5) is 18.3. The first kappa shape index (κ1) is 15.8. The normalized spacial score (nSPS) is 10.9. The highest BCUT2D eigenvalue weighted by atomic mass is 35.5. The fourth-order valence-electron chi connectivity index (χ4n) is 1.88. The van der Waals surface area contributed by atoms with Gasteiger partial charge in [0.2, 0.25) is 5.91 Å². The summed E-state index contributed by atoms with van der Waals surface area (Å²) < 4.78 is 0. The van der Waals surface area contributed by atoms with Crippen LogP contribution in [-0.2, 0) is 11.3 Å². The number of likely N-dealkylation sites (N-methyl/N-ethyl adjacent to an activating group) is 1. The molecule has 2 aromatic rings. The van der Waals surface area contributed by atoms with Crippen LogP contribution in [0, 0.1) is 6.92 Å². The lowest BCUT2D eigenvalue weighted by atomic mass is 10.3. The summed E-state index contributed by atoms with van der Waals surface area (Å²) in [6.07, 6.45) is 0. The fourth-order valence-corrected chi connectivity index (χ4v) is 2.60. The zero-order valence-corrected chi connectivity index (χ0v) is 13.5. The van der Waals surface area contributed by atoms with Gasteiger partial charge in [-0.05, 0) is 32.2 Å². The lowest BCUT2D eigenvalue weighted by Crippen LogP contribution is -2.29. The Balaban J connectivity index is 1.87. The molecule has 0 saturated heterocycles. The lowest BCUT2D eigenvalue weighted by Gasteiger charge is -2.15. The largest absolute Gasteiger partial charge is 0.397 e. The van der Waals surface area contributed by atoms with Gasteiger partial charge >= 0.3 is 0 Å². The Morgan fingerprint density at radius 1 is 1.52 bits per heavy atom. The third-order valence-corrected chi connectivity index (χ3v) is 3.96. The van der Waals surface area contributed by atoms with E-state index >= 15 is 0 Å². The molecule has 1 aromatic heterocycles. The van der Waals surface area contributed by atoms with E-state index in [1.807, 2.05) is 24.3 Å². The van der Waals surface area contributed by atoms with E-state index in [0.29, 0.717) is 22.9 Å². The number of aromatic nitrogens is 1. The first-order valence-electron chi connectivity index (χ1n) is 6.38. The van der Waals surface area contributed by atoms with Gasteiger partial charge in [-0.3, -0.25) is 9.69 Å². The SMILES string of the molecule is Cc1nc(CN(C)CC(=O)Nc2ccc(Cl)c(N)c2)cs1. The van der Waals surface area contributed by atoms with Crippen molar-refractivity contribution in [1.29, 1.82) is 0 Å². The number of nitrogens with two attached hydrogens (primary N) is 1. The monoisotopic (exact) mass is 324 g/mol. The molecule has 5 nitrogen and oxygen atoms in total. The average Bonchev–Trinajstić information content (AvgIpc) is 2.79. The summed E-state index contributed by atoms with van der Waals surface area (Å²) >= 11 is 7.45. The van der Waals surface area contributed by atoms with Crippen molar-refractivity contribution in [2.24, 2.45) is 0 Å². The van der Waals surface area contributed by atoms with Gasteiger partial charge in [0.15, 0.2) is 0 Å². The van der Waals surface area contributed by atoms with Gasteiger partial charge in [0.1, 0.15) is 0 Å². The molecule has 3 N–H and O–H groups in total. The van der Waals surface area contributed by atoms with Crippen molar-refractivity contribution in [3.05, 3.63) is 39.3 Å². The smallest absolute Gasteiger partial charge is 0.238 e. The summed E-state index contributed by atoms with van der Waals surface area (Å²) in [6.45, 7) is 2.88. The maximum atomic E-state index is 12.0. The third kappa shape index (κ3) is 4.70. The number of halogens is 1. The van der Waals surface area contributed by atoms with Crippen molar-refractivity contribution in [3.8, 4) is 0 Å². The maximum Gasteiger partial charge on any atom is 0.238 e. The molecule has 0 fully saturated rings. The fraction of sp³-hybridized carbons (Fsp3) is 0.286. The summed E-state index contributed by atoms with van der Waals surface area (Å²) in [7, 11) is 1.88. The number of carbonyl (C=O) groups is 1. The van der Waals surface area contributed by atoms with Gasteiger partial charge in [0.05, 0.1) is 28.0 Å². The molecular formula is C14H17ClN4OS. The second-order valence-electron chi connectivity index (χ2n) is 4.81. The predicted octanol–water partition coefficient (Wildman–Crippen LogP) is 2.76. The minimum atomic E-state index is -0.105. The van der Waals surface area contributed by atoms with Crippen molar-refractivity contribution < 1.29 is 4.79 Å². The summed E-state index contributed by atoms with van der Waals surface area (Å²) in [5, 5.41) is 6.30. The molecule has 7 heteroatoms. The summed E-state index contributed by atoms with van der Waals surface area (Å²) in [5.41, 5.74) is 7.76. The Labute approximate surface area is 132 Å². The highest BCUT2D eigenvalue weighted by Crippen LogP contribution is 2.22. The van der Waals surface area contributed by atoms with E-state index in [-0.39, 0.29) is 12.5 Å². The number of hydrogen-bond donors (Lipinski definition) is 2. The van der Waals surface area contributed by atoms with Crippen molar-refractivity contribution in [2.45, 2.75) is 13.5 Å². The van der Waals surface area contributed by atoms with Crippen LogP contribution in [0.1, 0.15) is 10.7 Å². The lowest BCUT2D eigenvalue weighted by molar-refractivity contribution is -0.117. The molecule has 21 heavy (non-hydrogen) atoms. The number of anilines is 2. The minimum absolute atomic E-state index is 0.105. The van der Waals surface area contributed by atoms with Gasteiger partial charge in [-0.15, -0.1) is 11.3 Å². The highest BCUT2D eigenvalue weighted by Gasteiger charge is 2.09. The first-order chi connectivity index (χ1) is 9.94. The van der Waals surface area contributed by atoms with E-state index in [1.54, 1.807) is 29.5 Å². The number of thiazole rings is 1. The minimum Gasteiger partial charge on any atom is -0.397 e. The Hall–Kier alpha value is -1.63. The van der Waals surface area contributed by atoms with Crippen LogP contribution >= 0.6 is 22.9 Å². The van der Waals surface area contributed by atoms with Crippen molar-refractivity contribution in [3.63, 3.8) is 0 Å². The molecule has 1 aromatic carbocycles. The molecule has 2 rings (SSSR count). The maximum absolute atomic E-state index is 12.0. The second kappa shape index (κ2) is 6.89. The molecule has 0 unspecified atom stereocenters. The number of carbonyl (C=O) groups excluding carboxylic acids is 1. The van der Waals surface area contributed by atoms with Crippen LogP contribution in [-0.4, -0.2) is 29.4 Å². The number of aryl methyl sites for hydroxylation is 1. The van der Waals surface area contributed by atoms with Crippen LogP contribution in [0.25, 0.3) is 0 Å². The van der Waals surface area contributed by atoms with Gasteiger partial charge in [-0.2, -0.15) is 0 Å². The van der Waals surface area contributed by atoms with Gasteiger partial charge in [-0.25, -0.2) is 4.98 Å². The molecule has 0 spiro atoms. The second-order valence-corrected chi connectivity index (χ2v) is 6.28. The van der Waals surface area contributed by atoms with Gasteiger partial charge in [0, 0.05) is 17.6 Å². The van der Waals surface area contributed by atoms with Crippen molar-refractivity contribution >= 4 is 40.2 Å². The topological polar surface area (TPSA) is 71.2 Å². The molecule has 0 radical (unpaired) electrons. The predicted molar refractivity (Wildman–Crippen MR) is 87.7 cm³/mol. The van der Waals surface area contributed by atoms with Crippen LogP contribution in [0.2, 0.25) is 5.02 Å². The Bertz CT molecular complexity index is 644. The third-order valence-electron chi connectivity index (χ3n) is 2.79. The van der Waals surface area contributed by atoms with Gasteiger partial charge in [-0.1, -0.05) is 11.6 Å². The number of rotatable bonds is 5. The zero-order chi connectivity index (χ0) is 15.4. The van der Waals surface area contributed by atoms with Gasteiger partial charge in [0.25, 0.3) is 0 Å². The van der Waals surface area contributed by atoms with Crippen LogP contribution in [0.4, 0.5) is 11.4 Å². The summed E-state index contributed by atoms with van der Waals surface area (Å²) in [6, 6.07) is 5.03. The number of amides is 1. The van der Waals surface area contributed by atoms with E-state index in [0.717, 1.165) is 10.7 Å². The quantitative estimate of drug-likeness (QED) is 0.830. The number of nitrogens with zero attached hydrogens (tertiary/aromatic N) is 2. The number of nitrogens with one attached hydrogen (secondary N) is 1. The molecule has 0 aliphatic rings. The summed E-state index contributed by atoms with van der Waals surface area (Å²) in [5.74, 6) is -0.105. The molecule has 0 atom stereocenters. The number of hydrogen-bond acceptors (Lipinski definition) is 5. The first-order valence-corrected chi connectivity index (χ1v) is 7.64. The van der Waals surface area contributed by atoms with Crippen LogP contribution in [0.15, 0.2) is 23.6 Å². The molecule has 1 amide bonds. The van der Waals surface area contributed by atoms with Crippen LogP contribution in [0.5, 0.6) is 0 Å². The standard InChI is InChI=1S/C14H17ClN4OS/c1-9-17-11(8-21-9)6-19(2)7-14(20)18-10-3-4-12(15)13(16)5-10/h3-5,8H,6-7,16H2,1-2H3,(H,18,20). The highest BCUT2D eigenvalue weighted by molar-refractivity contribution is 7.09. The van der Waals surface area contributed by atoms with E-state index in [9.17, 15) is 4.79 Å². The van der Waals surface area contributed by atoms with E-state index in [1.165, 1.54) is 0 Å². The molecule has 1 heterocycles. The Morgan fingerprint density at radius 3 is 2.90 bits per heavy atom. The molecule has 0 aliphatic carbocycles. The average molecular weight is 325 g/mol. The van der Waals surface area contributed by atoms with Crippen molar-refractivity contribution in [1.82, 2.24) is 9.88 Å². The zero-order valence-electron chi connectivity index (χ0n) is 11.9. The van der Waals surface area contributed by atoms with E-state index in [2.05, 4.69) is 10.3 Å². The van der Waals surface area contributed by atoms with Crippen molar-refractivity contribution in [2.75, 3.05) is 24.6 Å². The van der Waals surface area contributed by atoms with E-state index in [4.69, 9.17) is 17.3 Å². The Kier molecular flexibility index (Phi) is 5.17. The molecule has 0 bridgehead atoms. The van der Waals surface area contributed by atoms with E-state index < -0.39 is 0 Å². The molecule has 0 saturated carbocycles. The number of benzene rings is 1. The van der Waals surface area contributed by atoms with Crippen LogP contribution < -0.4 is 11.1 Å². The Morgan fingerprint density at radius 2 is 2.29 bits per heavy atom.